The van der Waals surface area contributed by atoms with Crippen molar-refractivity contribution < 1.29 is 0 Å². The van der Waals surface area contributed by atoms with Gasteiger partial charge in [0.2, 0.25) is 0 Å². The van der Waals surface area contributed by atoms with E-state index in [0.29, 0.717) is 0 Å². The van der Waals surface area contributed by atoms with E-state index in [1.54, 1.807) is 0 Å². The maximum absolute atomic E-state index is 7.68. The van der Waals surface area contributed by atoms with Gasteiger partial charge in [0.25, 0.3) is 0 Å². The van der Waals surface area contributed by atoms with E-state index in [1.807, 2.05) is 0 Å². The fourth-order valence-electron chi connectivity index (χ4n) is 5.31. The largest absolute Gasteiger partial charge is 0.312 e. The van der Waals surface area contributed by atoms with Crippen LogP contribution in [0.15, 0.2) is 109 Å². The Balaban J connectivity index is 1.53. The number of nitrogens with one attached hydrogen (secondary N) is 1. The van der Waals surface area contributed by atoms with E-state index in [1.165, 1.54) is 24.6 Å². The molecule has 0 saturated carbocycles. The molecule has 2 nitrogen and oxygen atoms in total. The lowest BCUT2D eigenvalue weighted by Gasteiger charge is -2.30. The maximum atomic E-state index is 7.68. The number of para-hydroxylation sites is 1. The van der Waals surface area contributed by atoms with E-state index >= 15 is 0 Å². The standard InChI is InChI=1S/C40H46N2/c1-6-29-40(5,8-3)35-22-26-38(27-23-35)42(36-12-10-9-11-13-36)37-24-20-33(21-25-37)15-14-32-16-18-34(19-17-32)28-30-39(4,7-2)31-41/h9-28,30-31,41H,6-8,29H2,1-5H3/b15-14-,30-28-,41-31?. The first kappa shape index (κ1) is 30.8. The molecule has 2 heteroatoms. The summed E-state index contributed by atoms with van der Waals surface area (Å²) in [5.41, 5.74) is 8.37. The quantitative estimate of drug-likeness (QED) is 0.129. The summed E-state index contributed by atoms with van der Waals surface area (Å²) in [7, 11) is 0. The zero-order valence-corrected chi connectivity index (χ0v) is 26.0. The van der Waals surface area contributed by atoms with Crippen molar-refractivity contribution >= 4 is 41.5 Å². The number of nitrogens with zero attached hydrogens (tertiary/aromatic N) is 1. The Morgan fingerprint density at radius 3 is 1.55 bits per heavy atom. The van der Waals surface area contributed by atoms with Crippen LogP contribution in [0.3, 0.4) is 0 Å². The average molecular weight is 555 g/mol. The van der Waals surface area contributed by atoms with Crippen molar-refractivity contribution in [2.75, 3.05) is 4.90 Å². The number of allylic oxidation sites excluding steroid dienone is 1. The molecule has 4 rings (SSSR count). The highest BCUT2D eigenvalue weighted by atomic mass is 15.1. The Hall–Kier alpha value is -4.17. The van der Waals surface area contributed by atoms with E-state index in [4.69, 9.17) is 5.41 Å². The lowest BCUT2D eigenvalue weighted by molar-refractivity contribution is 0.414. The first-order valence-electron chi connectivity index (χ1n) is 15.4. The number of hydrogen-bond donors (Lipinski definition) is 1. The lowest BCUT2D eigenvalue weighted by atomic mass is 9.76. The van der Waals surface area contributed by atoms with Gasteiger partial charge in [-0.3, -0.25) is 0 Å². The van der Waals surface area contributed by atoms with Crippen molar-refractivity contribution in [3.8, 4) is 0 Å². The highest BCUT2D eigenvalue weighted by molar-refractivity contribution is 5.78. The molecular weight excluding hydrogens is 508 g/mol. The monoisotopic (exact) mass is 554 g/mol. The molecule has 4 aromatic rings. The first-order valence-corrected chi connectivity index (χ1v) is 15.4. The van der Waals surface area contributed by atoms with Crippen LogP contribution < -0.4 is 4.90 Å². The molecule has 0 amide bonds. The summed E-state index contributed by atoms with van der Waals surface area (Å²) in [6, 6.07) is 37.1. The predicted molar refractivity (Wildman–Crippen MR) is 185 cm³/mol. The van der Waals surface area contributed by atoms with Crippen molar-refractivity contribution in [3.63, 3.8) is 0 Å². The van der Waals surface area contributed by atoms with E-state index in [-0.39, 0.29) is 10.8 Å². The number of hydrogen-bond acceptors (Lipinski definition) is 2. The van der Waals surface area contributed by atoms with Gasteiger partial charge in [-0.05, 0) is 83.3 Å². The lowest BCUT2D eigenvalue weighted by Crippen LogP contribution is -2.20. The molecule has 0 fully saturated rings. The van der Waals surface area contributed by atoms with Crippen LogP contribution in [0.25, 0.3) is 18.2 Å². The van der Waals surface area contributed by atoms with E-state index in [9.17, 15) is 0 Å². The van der Waals surface area contributed by atoms with Crippen molar-refractivity contribution in [2.45, 2.75) is 65.7 Å². The third kappa shape index (κ3) is 7.56. The van der Waals surface area contributed by atoms with Crippen molar-refractivity contribution in [3.05, 3.63) is 131 Å². The van der Waals surface area contributed by atoms with Crippen molar-refractivity contribution in [1.82, 2.24) is 0 Å². The van der Waals surface area contributed by atoms with Gasteiger partial charge in [0.1, 0.15) is 0 Å². The van der Waals surface area contributed by atoms with Gasteiger partial charge in [0.05, 0.1) is 0 Å². The van der Waals surface area contributed by atoms with Gasteiger partial charge in [-0.15, -0.1) is 0 Å². The van der Waals surface area contributed by atoms with Crippen LogP contribution in [-0.4, -0.2) is 6.21 Å². The van der Waals surface area contributed by atoms with Crippen LogP contribution in [-0.2, 0) is 5.41 Å². The molecule has 2 unspecified atom stereocenters. The topological polar surface area (TPSA) is 27.1 Å². The van der Waals surface area contributed by atoms with E-state index in [2.05, 4.69) is 167 Å². The summed E-state index contributed by atoms with van der Waals surface area (Å²) >= 11 is 0. The molecular formula is C40H46N2. The van der Waals surface area contributed by atoms with Gasteiger partial charge in [-0.2, -0.15) is 0 Å². The van der Waals surface area contributed by atoms with Gasteiger partial charge in [0, 0.05) is 28.7 Å². The fraction of sp³-hybridized carbons (Fsp3) is 0.275. The molecule has 0 heterocycles. The molecule has 0 aliphatic heterocycles. The van der Waals surface area contributed by atoms with Crippen LogP contribution in [0.1, 0.15) is 82.6 Å². The van der Waals surface area contributed by atoms with Crippen molar-refractivity contribution in [2.24, 2.45) is 5.41 Å². The summed E-state index contributed by atoms with van der Waals surface area (Å²) in [6.45, 7) is 11.2. The third-order valence-corrected chi connectivity index (χ3v) is 8.72. The number of rotatable bonds is 13. The highest BCUT2D eigenvalue weighted by Gasteiger charge is 2.24. The second kappa shape index (κ2) is 14.1. The summed E-state index contributed by atoms with van der Waals surface area (Å²) in [4.78, 5) is 2.33. The second-order valence-electron chi connectivity index (χ2n) is 11.8. The Morgan fingerprint density at radius 1 is 0.595 bits per heavy atom. The van der Waals surface area contributed by atoms with Crippen LogP contribution >= 0.6 is 0 Å². The van der Waals surface area contributed by atoms with E-state index in [0.717, 1.165) is 46.6 Å². The molecule has 0 aliphatic rings. The Labute approximate surface area is 254 Å². The minimum atomic E-state index is -0.185. The highest BCUT2D eigenvalue weighted by Crippen LogP contribution is 2.38. The molecule has 216 valence electrons. The average Bonchev–Trinajstić information content (AvgIpc) is 3.04. The molecule has 0 aromatic heterocycles. The van der Waals surface area contributed by atoms with Crippen molar-refractivity contribution in [1.29, 1.82) is 5.41 Å². The molecule has 0 aliphatic carbocycles. The van der Waals surface area contributed by atoms with Gasteiger partial charge in [-0.1, -0.05) is 132 Å². The molecule has 0 bridgehead atoms. The molecule has 0 radical (unpaired) electrons. The number of benzene rings is 4. The molecule has 42 heavy (non-hydrogen) atoms. The summed E-state index contributed by atoms with van der Waals surface area (Å²) in [6.07, 6.45) is 14.5. The summed E-state index contributed by atoms with van der Waals surface area (Å²) in [5, 5.41) is 7.68. The van der Waals surface area contributed by atoms with Crippen LogP contribution in [0.4, 0.5) is 17.1 Å². The molecule has 0 saturated heterocycles. The van der Waals surface area contributed by atoms with Crippen LogP contribution in [0, 0.1) is 10.8 Å². The minimum Gasteiger partial charge on any atom is -0.312 e. The molecule has 2 atom stereocenters. The zero-order chi connectivity index (χ0) is 30.0. The van der Waals surface area contributed by atoms with Gasteiger partial charge >= 0.3 is 0 Å². The van der Waals surface area contributed by atoms with Crippen LogP contribution in [0.5, 0.6) is 0 Å². The normalized spacial score (nSPS) is 14.5. The first-order chi connectivity index (χ1) is 20.3. The molecule has 4 aromatic carbocycles. The third-order valence-electron chi connectivity index (χ3n) is 8.72. The smallest absolute Gasteiger partial charge is 0.0462 e. The Kier molecular flexibility index (Phi) is 10.4. The Morgan fingerprint density at radius 2 is 1.07 bits per heavy atom. The van der Waals surface area contributed by atoms with E-state index < -0.39 is 0 Å². The summed E-state index contributed by atoms with van der Waals surface area (Å²) < 4.78 is 0. The SMILES string of the molecule is CCCC(C)(CC)c1ccc(N(c2ccccc2)c2ccc(/C=C\c3ccc(/C=C\C(C)(C=N)CC)cc3)cc2)cc1. The fourth-order valence-corrected chi connectivity index (χ4v) is 5.31. The molecule has 1 N–H and O–H groups in total. The molecule has 0 spiro atoms. The zero-order valence-electron chi connectivity index (χ0n) is 26.0. The second-order valence-corrected chi connectivity index (χ2v) is 11.8. The van der Waals surface area contributed by atoms with Crippen LogP contribution in [0.2, 0.25) is 0 Å². The van der Waals surface area contributed by atoms with Gasteiger partial charge in [0.15, 0.2) is 0 Å². The predicted octanol–water partition coefficient (Wildman–Crippen LogP) is 11.9. The summed E-state index contributed by atoms with van der Waals surface area (Å²) in [5.74, 6) is 0. The number of anilines is 3. The maximum Gasteiger partial charge on any atom is 0.0462 e. The van der Waals surface area contributed by atoms with Gasteiger partial charge in [-0.25, -0.2) is 0 Å². The Bertz CT molecular complexity index is 1460. The minimum absolute atomic E-state index is 0.185. The van der Waals surface area contributed by atoms with Gasteiger partial charge < -0.3 is 10.3 Å².